The second-order valence-electron chi connectivity index (χ2n) is 17.8. The van der Waals surface area contributed by atoms with Gasteiger partial charge in [-0.3, -0.25) is 4.99 Å². The summed E-state index contributed by atoms with van der Waals surface area (Å²) in [5, 5.41) is 10.8. The molecule has 5 nitrogen and oxygen atoms in total. The Labute approximate surface area is 371 Å². The van der Waals surface area contributed by atoms with E-state index in [-0.39, 0.29) is 5.75 Å². The number of ether oxygens (including phenoxy) is 3. The van der Waals surface area contributed by atoms with Crippen molar-refractivity contribution in [2.75, 3.05) is 19.8 Å². The second kappa shape index (κ2) is 40.4. The zero-order valence-corrected chi connectivity index (χ0v) is 39.7. The van der Waals surface area contributed by atoms with Gasteiger partial charge in [-0.25, -0.2) is 0 Å². The third-order valence-electron chi connectivity index (χ3n) is 12.1. The fourth-order valence-corrected chi connectivity index (χ4v) is 8.06. The zero-order chi connectivity index (χ0) is 42.8. The van der Waals surface area contributed by atoms with Crippen molar-refractivity contribution >= 4 is 11.9 Å². The maximum atomic E-state index is 10.8. The Morgan fingerprint density at radius 3 is 1.12 bits per heavy atom. The summed E-state index contributed by atoms with van der Waals surface area (Å²) in [5.74, 6) is 2.44. The molecule has 0 heterocycles. The van der Waals surface area contributed by atoms with Crippen molar-refractivity contribution in [3.05, 3.63) is 42.0 Å². The number of hydrogen-bond acceptors (Lipinski definition) is 5. The van der Waals surface area contributed by atoms with E-state index in [1.807, 2.05) is 30.3 Å². The van der Waals surface area contributed by atoms with Crippen molar-refractivity contribution in [2.24, 2.45) is 4.99 Å². The molecule has 0 bridgehead atoms. The monoisotopic (exact) mass is 834 g/mol. The molecular formula is C55H95NO4. The summed E-state index contributed by atoms with van der Waals surface area (Å²) in [6, 6.07) is 11.5. The molecule has 0 atom stereocenters. The molecule has 2 aromatic carbocycles. The number of phenols is 1. The highest BCUT2D eigenvalue weighted by Crippen LogP contribution is 2.33. The number of nitrogens with zero attached hydrogens (tertiary/aromatic N) is 1. The molecule has 60 heavy (non-hydrogen) atoms. The molecule has 0 aliphatic carbocycles. The van der Waals surface area contributed by atoms with Crippen LogP contribution in [0.2, 0.25) is 0 Å². The third-order valence-corrected chi connectivity index (χ3v) is 12.1. The van der Waals surface area contributed by atoms with E-state index in [1.165, 1.54) is 212 Å². The summed E-state index contributed by atoms with van der Waals surface area (Å²) in [6.45, 7) is 8.92. The standard InChI is InChI=1S/C55H95NO4/c1-4-7-10-13-16-19-22-25-28-31-34-37-44-58-52-42-40-50(53(57)48-52)49-56-51-41-43-54(59-45-38-35-32-29-26-23-20-17-14-11-8-5-2)55(47-51)60-46-39-36-33-30-27-24-21-18-15-12-9-6-3/h40-43,47-49,57H,4-39,44-46H2,1-3H3. The fraction of sp³-hybridized carbons (Fsp3) is 0.764. The quantitative estimate of drug-likeness (QED) is 0.0534. The Morgan fingerprint density at radius 2 is 0.733 bits per heavy atom. The predicted molar refractivity (Wildman–Crippen MR) is 262 cm³/mol. The maximum Gasteiger partial charge on any atom is 0.163 e. The van der Waals surface area contributed by atoms with Gasteiger partial charge in [-0.05, 0) is 43.5 Å². The van der Waals surface area contributed by atoms with Crippen LogP contribution in [0, 0.1) is 0 Å². The Morgan fingerprint density at radius 1 is 0.383 bits per heavy atom. The van der Waals surface area contributed by atoms with Crippen LogP contribution in [-0.4, -0.2) is 31.1 Å². The second-order valence-corrected chi connectivity index (χ2v) is 17.8. The Balaban J connectivity index is 1.77. The van der Waals surface area contributed by atoms with Gasteiger partial charge >= 0.3 is 0 Å². The normalized spacial score (nSPS) is 11.5. The Bertz CT molecular complexity index is 1260. The molecule has 0 radical (unpaired) electrons. The average molecular weight is 834 g/mol. The molecule has 5 heteroatoms. The first-order valence-electron chi connectivity index (χ1n) is 26.1. The highest BCUT2D eigenvalue weighted by Gasteiger charge is 2.09. The lowest BCUT2D eigenvalue weighted by Gasteiger charge is -2.14. The lowest BCUT2D eigenvalue weighted by molar-refractivity contribution is 0.258. The van der Waals surface area contributed by atoms with Crippen molar-refractivity contribution < 1.29 is 19.3 Å². The topological polar surface area (TPSA) is 60.3 Å². The van der Waals surface area contributed by atoms with Gasteiger partial charge in [0.25, 0.3) is 0 Å². The Hall–Kier alpha value is -2.69. The third kappa shape index (κ3) is 30.4. The van der Waals surface area contributed by atoms with Gasteiger partial charge in [0.05, 0.1) is 25.5 Å². The molecule has 0 unspecified atom stereocenters. The molecular weight excluding hydrogens is 739 g/mol. The average Bonchev–Trinajstić information content (AvgIpc) is 3.26. The Kier molecular flexibility index (Phi) is 36.0. The van der Waals surface area contributed by atoms with Crippen molar-refractivity contribution in [3.8, 4) is 23.0 Å². The molecule has 0 saturated carbocycles. The van der Waals surface area contributed by atoms with Gasteiger partial charge in [0.1, 0.15) is 11.5 Å². The van der Waals surface area contributed by atoms with Crippen molar-refractivity contribution in [1.82, 2.24) is 0 Å². The van der Waals surface area contributed by atoms with Crippen LogP contribution >= 0.6 is 0 Å². The SMILES string of the molecule is CCCCCCCCCCCCCCOc1ccc(C=Nc2ccc(OCCCCCCCCCCCCCC)c(OCCCCCCCCCCCCCC)c2)c(O)c1. The van der Waals surface area contributed by atoms with Crippen LogP contribution in [0.4, 0.5) is 5.69 Å². The molecule has 0 amide bonds. The number of rotatable bonds is 44. The molecule has 0 spiro atoms. The minimum absolute atomic E-state index is 0.178. The number of phenolic OH excluding ortho intramolecular Hbond substituents is 1. The number of benzene rings is 2. The fourth-order valence-electron chi connectivity index (χ4n) is 8.06. The molecule has 0 aliphatic rings. The van der Waals surface area contributed by atoms with Gasteiger partial charge in [-0.1, -0.05) is 233 Å². The highest BCUT2D eigenvalue weighted by molar-refractivity contribution is 5.85. The van der Waals surface area contributed by atoms with Crippen molar-refractivity contribution in [2.45, 2.75) is 252 Å². The van der Waals surface area contributed by atoms with Crippen LogP contribution in [0.25, 0.3) is 0 Å². The summed E-state index contributed by atoms with van der Waals surface area (Å²) < 4.78 is 18.6. The van der Waals surface area contributed by atoms with Gasteiger partial charge in [-0.15, -0.1) is 0 Å². The number of aliphatic imine (C=N–C) groups is 1. The number of unbranched alkanes of at least 4 members (excludes halogenated alkanes) is 33. The maximum absolute atomic E-state index is 10.8. The first-order valence-corrected chi connectivity index (χ1v) is 26.1. The van der Waals surface area contributed by atoms with Crippen LogP contribution in [0.1, 0.15) is 257 Å². The van der Waals surface area contributed by atoms with Gasteiger partial charge in [-0.2, -0.15) is 0 Å². The lowest BCUT2D eigenvalue weighted by Crippen LogP contribution is -2.02. The number of aromatic hydroxyl groups is 1. The molecule has 0 aliphatic heterocycles. The van der Waals surface area contributed by atoms with Crippen LogP contribution in [-0.2, 0) is 0 Å². The van der Waals surface area contributed by atoms with E-state index in [0.29, 0.717) is 31.1 Å². The molecule has 2 aromatic rings. The molecule has 0 saturated heterocycles. The summed E-state index contributed by atoms with van der Waals surface area (Å²) in [6.07, 6.45) is 49.6. The summed E-state index contributed by atoms with van der Waals surface area (Å²) in [5.41, 5.74) is 1.45. The van der Waals surface area contributed by atoms with E-state index in [0.717, 1.165) is 36.4 Å². The van der Waals surface area contributed by atoms with E-state index in [9.17, 15) is 5.11 Å². The van der Waals surface area contributed by atoms with E-state index < -0.39 is 0 Å². The van der Waals surface area contributed by atoms with Crippen LogP contribution in [0.5, 0.6) is 23.0 Å². The molecule has 2 rings (SSSR count). The van der Waals surface area contributed by atoms with Crippen LogP contribution in [0.3, 0.4) is 0 Å². The summed E-state index contributed by atoms with van der Waals surface area (Å²) in [4.78, 5) is 4.73. The summed E-state index contributed by atoms with van der Waals surface area (Å²) >= 11 is 0. The number of hydrogen-bond donors (Lipinski definition) is 1. The first kappa shape index (κ1) is 53.4. The van der Waals surface area contributed by atoms with Gasteiger partial charge in [0.2, 0.25) is 0 Å². The summed E-state index contributed by atoms with van der Waals surface area (Å²) in [7, 11) is 0. The van der Waals surface area contributed by atoms with Crippen LogP contribution < -0.4 is 14.2 Å². The smallest absolute Gasteiger partial charge is 0.163 e. The predicted octanol–water partition coefficient (Wildman–Crippen LogP) is 18.4. The van der Waals surface area contributed by atoms with Crippen LogP contribution in [0.15, 0.2) is 41.4 Å². The molecule has 0 aromatic heterocycles. The van der Waals surface area contributed by atoms with Crippen molar-refractivity contribution in [1.29, 1.82) is 0 Å². The van der Waals surface area contributed by atoms with E-state index >= 15 is 0 Å². The van der Waals surface area contributed by atoms with E-state index in [1.54, 1.807) is 12.3 Å². The zero-order valence-electron chi connectivity index (χ0n) is 39.7. The molecule has 1 N–H and O–H groups in total. The molecule has 344 valence electrons. The van der Waals surface area contributed by atoms with Crippen molar-refractivity contribution in [3.63, 3.8) is 0 Å². The van der Waals surface area contributed by atoms with E-state index in [2.05, 4.69) is 20.8 Å². The van der Waals surface area contributed by atoms with Gasteiger partial charge in [0.15, 0.2) is 11.5 Å². The van der Waals surface area contributed by atoms with Gasteiger partial charge < -0.3 is 19.3 Å². The minimum Gasteiger partial charge on any atom is -0.507 e. The highest BCUT2D eigenvalue weighted by atomic mass is 16.5. The van der Waals surface area contributed by atoms with E-state index in [4.69, 9.17) is 19.2 Å². The van der Waals surface area contributed by atoms with Gasteiger partial charge in [0, 0.05) is 23.9 Å². The largest absolute Gasteiger partial charge is 0.507 e. The lowest BCUT2D eigenvalue weighted by atomic mass is 10.1. The minimum atomic E-state index is 0.178. The molecule has 0 fully saturated rings. The first-order chi connectivity index (χ1) is 29.7.